The van der Waals surface area contributed by atoms with Crippen LogP contribution in [0.1, 0.15) is 84.9 Å². The van der Waals surface area contributed by atoms with Gasteiger partial charge in [0.25, 0.3) is 5.91 Å². The summed E-state index contributed by atoms with van der Waals surface area (Å²) >= 11 is 0. The summed E-state index contributed by atoms with van der Waals surface area (Å²) < 4.78 is 10.8. The van der Waals surface area contributed by atoms with E-state index in [0.29, 0.717) is 84.0 Å². The number of nitrogens with zero attached hydrogens (tertiary/aromatic N) is 8. The maximum absolute atomic E-state index is 12.5. The number of ether oxygens (including phenoxy) is 2. The van der Waals surface area contributed by atoms with Crippen molar-refractivity contribution in [3.63, 3.8) is 0 Å². The van der Waals surface area contributed by atoms with E-state index in [4.69, 9.17) is 19.4 Å². The minimum Gasteiger partial charge on any atom is -0.495 e. The van der Waals surface area contributed by atoms with Gasteiger partial charge in [0.2, 0.25) is 23.7 Å². The van der Waals surface area contributed by atoms with Crippen molar-refractivity contribution in [1.82, 2.24) is 25.3 Å². The number of benzene rings is 2. The van der Waals surface area contributed by atoms with Crippen LogP contribution < -0.4 is 45.0 Å². The molecule has 19 heteroatoms. The number of nitrogens with one attached hydrogen (secondary N) is 3. The van der Waals surface area contributed by atoms with E-state index in [1.54, 1.807) is 74.7 Å². The SMILES string of the molecule is CNC(=O)c1ccc(Nc2ncc3c(n2)N(C2CCCC2)CCC(=O)N3C)c(OC)c1.COc1cc(C(=O)O)ccc1Nc1ncc2c(n1)N(C1CCCC1)CCC(=O)N2C.Cl. The molecule has 2 aromatic heterocycles. The summed E-state index contributed by atoms with van der Waals surface area (Å²) in [6, 6.07) is 10.5. The first-order valence-electron chi connectivity index (χ1n) is 20.7. The molecule has 8 rings (SSSR count). The molecule has 0 bridgehead atoms. The van der Waals surface area contributed by atoms with Crippen LogP contribution in [0, 0.1) is 0 Å². The number of carbonyl (C=O) groups excluding carboxylic acids is 3. The number of aromatic nitrogens is 4. The average molecular weight is 872 g/mol. The van der Waals surface area contributed by atoms with E-state index in [2.05, 4.69) is 35.7 Å². The lowest BCUT2D eigenvalue weighted by atomic mass is 10.1. The zero-order chi connectivity index (χ0) is 43.2. The summed E-state index contributed by atoms with van der Waals surface area (Å²) in [5.41, 5.74) is 3.27. The number of rotatable bonds is 10. The number of aromatic carboxylic acids is 1. The van der Waals surface area contributed by atoms with Crippen molar-refractivity contribution in [2.45, 2.75) is 76.3 Å². The van der Waals surface area contributed by atoms with Crippen LogP contribution in [0.25, 0.3) is 0 Å². The Bertz CT molecular complexity index is 2290. The number of carboxylic acid groups (broad SMARTS) is 1. The monoisotopic (exact) mass is 871 g/mol. The van der Waals surface area contributed by atoms with Gasteiger partial charge in [-0.25, -0.2) is 14.8 Å². The van der Waals surface area contributed by atoms with Crippen LogP contribution in [-0.4, -0.2) is 109 Å². The van der Waals surface area contributed by atoms with Gasteiger partial charge in [0.05, 0.1) is 43.6 Å². The van der Waals surface area contributed by atoms with Crippen molar-refractivity contribution in [1.29, 1.82) is 0 Å². The summed E-state index contributed by atoms with van der Waals surface area (Å²) in [6.07, 6.45) is 13.4. The third kappa shape index (κ3) is 9.70. The van der Waals surface area contributed by atoms with Crippen LogP contribution in [0.15, 0.2) is 48.8 Å². The highest BCUT2D eigenvalue weighted by Crippen LogP contribution is 2.39. The first kappa shape index (κ1) is 45.1. The first-order chi connectivity index (χ1) is 29.5. The molecular formula is C43H54ClN11O7. The summed E-state index contributed by atoms with van der Waals surface area (Å²) in [7, 11) is 8.14. The quantitative estimate of drug-likeness (QED) is 0.141. The summed E-state index contributed by atoms with van der Waals surface area (Å²) in [4.78, 5) is 74.2. The summed E-state index contributed by atoms with van der Waals surface area (Å²) in [5.74, 6) is 2.09. The van der Waals surface area contributed by atoms with Gasteiger partial charge in [0.15, 0.2) is 11.6 Å². The lowest BCUT2D eigenvalue weighted by Crippen LogP contribution is -2.34. The van der Waals surface area contributed by atoms with Gasteiger partial charge >= 0.3 is 5.97 Å². The van der Waals surface area contributed by atoms with Crippen molar-refractivity contribution in [3.05, 3.63) is 59.9 Å². The molecule has 18 nitrogen and oxygen atoms in total. The highest BCUT2D eigenvalue weighted by Gasteiger charge is 2.33. The molecule has 4 aliphatic rings. The van der Waals surface area contributed by atoms with Gasteiger partial charge in [-0.2, -0.15) is 9.97 Å². The lowest BCUT2D eigenvalue weighted by Gasteiger charge is -2.30. The van der Waals surface area contributed by atoms with Gasteiger partial charge in [-0.1, -0.05) is 25.7 Å². The lowest BCUT2D eigenvalue weighted by molar-refractivity contribution is -0.118. The predicted octanol–water partition coefficient (Wildman–Crippen LogP) is 6.17. The van der Waals surface area contributed by atoms with Gasteiger partial charge in [-0.3, -0.25) is 14.4 Å². The molecule has 2 saturated carbocycles. The number of anilines is 8. The smallest absolute Gasteiger partial charge is 0.335 e. The zero-order valence-electron chi connectivity index (χ0n) is 35.6. The molecule has 2 aliphatic heterocycles. The molecule has 4 N–H and O–H groups in total. The number of amides is 3. The zero-order valence-corrected chi connectivity index (χ0v) is 36.5. The van der Waals surface area contributed by atoms with E-state index in [-0.39, 0.29) is 35.7 Å². The Morgan fingerprint density at radius 2 is 1.11 bits per heavy atom. The maximum Gasteiger partial charge on any atom is 0.335 e. The number of methoxy groups -OCH3 is 2. The fourth-order valence-corrected chi connectivity index (χ4v) is 8.39. The molecule has 2 aliphatic carbocycles. The van der Waals surface area contributed by atoms with Gasteiger partial charge in [0.1, 0.15) is 22.9 Å². The fraction of sp³-hybridized carbons (Fsp3) is 0.442. The fourth-order valence-electron chi connectivity index (χ4n) is 8.39. The minimum absolute atomic E-state index is 0. The minimum atomic E-state index is -1.03. The average Bonchev–Trinajstić information content (AvgIpc) is 3.99. The first-order valence-corrected chi connectivity index (χ1v) is 20.7. The van der Waals surface area contributed by atoms with Crippen LogP contribution in [0.2, 0.25) is 0 Å². The normalized spacial score (nSPS) is 16.5. The van der Waals surface area contributed by atoms with Gasteiger partial charge in [0, 0.05) is 64.7 Å². The third-order valence-corrected chi connectivity index (χ3v) is 11.8. The standard InChI is InChI=1S/C22H28N6O3.C21H25N5O4.ClH/c1-23-21(30)14-8-9-16(18(12-14)31-3)25-22-24-13-17-20(26-22)28(15-6-4-5-7-15)11-10-19(29)27(17)2;1-25-16-12-22-21(23-15-8-7-13(20(28)29)11-17(15)30-2)24-19(16)26(10-9-18(25)27)14-5-3-4-6-14;/h8-9,12-13,15H,4-7,10-11H2,1-3H3,(H,23,30)(H,24,25,26);7-8,11-12,14H,3-6,9-10H2,1-2H3,(H,28,29)(H,22,23,24);1H. The van der Waals surface area contributed by atoms with E-state index in [9.17, 15) is 24.3 Å². The van der Waals surface area contributed by atoms with E-state index in [1.807, 2.05) is 0 Å². The second-order valence-corrected chi connectivity index (χ2v) is 15.4. The van der Waals surface area contributed by atoms with E-state index in [0.717, 1.165) is 43.0 Å². The Hall–Kier alpha value is -6.43. The molecule has 0 saturated heterocycles. The molecule has 0 spiro atoms. The largest absolute Gasteiger partial charge is 0.495 e. The number of carbonyl (C=O) groups is 4. The van der Waals surface area contributed by atoms with Gasteiger partial charge in [-0.05, 0) is 62.1 Å². The van der Waals surface area contributed by atoms with Crippen molar-refractivity contribution < 1.29 is 33.8 Å². The van der Waals surface area contributed by atoms with Gasteiger partial charge in [-0.15, -0.1) is 12.4 Å². The third-order valence-electron chi connectivity index (χ3n) is 11.8. The van der Waals surface area contributed by atoms with Crippen molar-refractivity contribution >= 4 is 82.4 Å². The van der Waals surface area contributed by atoms with Crippen LogP contribution in [0.4, 0.5) is 46.3 Å². The van der Waals surface area contributed by atoms with Crippen LogP contribution in [0.5, 0.6) is 11.5 Å². The summed E-state index contributed by atoms with van der Waals surface area (Å²) in [6.45, 7) is 1.29. The number of carboxylic acids is 1. The Morgan fingerprint density at radius 3 is 1.52 bits per heavy atom. The molecule has 2 aromatic carbocycles. The molecule has 0 unspecified atom stereocenters. The van der Waals surface area contributed by atoms with Crippen molar-refractivity contribution in [2.75, 3.05) is 78.7 Å². The highest BCUT2D eigenvalue weighted by molar-refractivity contribution is 5.98. The molecule has 4 aromatic rings. The highest BCUT2D eigenvalue weighted by atomic mass is 35.5. The second-order valence-electron chi connectivity index (χ2n) is 15.4. The molecule has 0 radical (unpaired) electrons. The molecule has 2 fully saturated rings. The molecule has 62 heavy (non-hydrogen) atoms. The number of hydrogen-bond donors (Lipinski definition) is 4. The topological polar surface area (TPSA) is 208 Å². The second kappa shape index (κ2) is 20.0. The molecule has 3 amide bonds. The van der Waals surface area contributed by atoms with Crippen LogP contribution >= 0.6 is 12.4 Å². The maximum atomic E-state index is 12.5. The number of fused-ring (bicyclic) bond motifs is 2. The molecular weight excluding hydrogens is 818 g/mol. The Morgan fingerprint density at radius 1 is 0.694 bits per heavy atom. The Kier molecular flexibility index (Phi) is 14.5. The van der Waals surface area contributed by atoms with E-state index in [1.165, 1.54) is 44.9 Å². The van der Waals surface area contributed by atoms with Crippen LogP contribution in [0.3, 0.4) is 0 Å². The number of hydrogen-bond acceptors (Lipinski definition) is 14. The Balaban J connectivity index is 0.000000204. The molecule has 330 valence electrons. The van der Waals surface area contributed by atoms with Crippen LogP contribution in [-0.2, 0) is 9.59 Å². The summed E-state index contributed by atoms with van der Waals surface area (Å²) in [5, 5.41) is 18.1. The van der Waals surface area contributed by atoms with E-state index >= 15 is 0 Å². The predicted molar refractivity (Wildman–Crippen MR) is 239 cm³/mol. The Labute approximate surface area is 366 Å². The van der Waals surface area contributed by atoms with Gasteiger partial charge < -0.3 is 50.1 Å². The molecule has 0 atom stereocenters. The van der Waals surface area contributed by atoms with Crippen molar-refractivity contribution in [2.24, 2.45) is 0 Å². The number of halogens is 1. The van der Waals surface area contributed by atoms with Crippen molar-refractivity contribution in [3.8, 4) is 11.5 Å². The molecule has 4 heterocycles. The van der Waals surface area contributed by atoms with E-state index < -0.39 is 5.97 Å².